The van der Waals surface area contributed by atoms with Gasteiger partial charge in [-0.1, -0.05) is 24.3 Å². The fourth-order valence-electron chi connectivity index (χ4n) is 1.86. The van der Waals surface area contributed by atoms with Gasteiger partial charge in [0.1, 0.15) is 0 Å². The van der Waals surface area contributed by atoms with Gasteiger partial charge in [-0.25, -0.2) is 0 Å². The molecule has 0 aliphatic heterocycles. The molecule has 0 saturated carbocycles. The topological polar surface area (TPSA) is 39.1 Å². The maximum atomic E-state index is 12.1. The summed E-state index contributed by atoms with van der Waals surface area (Å²) in [7, 11) is 0. The second-order valence-electron chi connectivity index (χ2n) is 4.41. The minimum absolute atomic E-state index is 0.0425. The summed E-state index contributed by atoms with van der Waals surface area (Å²) in [5, 5.41) is 0. The zero-order valence-electron chi connectivity index (χ0n) is 10.5. The minimum atomic E-state index is -0.142. The fourth-order valence-corrected chi connectivity index (χ4v) is 1.86. The Morgan fingerprint density at radius 3 is 2.56 bits per heavy atom. The van der Waals surface area contributed by atoms with Crippen LogP contribution in [0.3, 0.4) is 0 Å². The van der Waals surface area contributed by atoms with Gasteiger partial charge in [0.05, 0.1) is 6.54 Å². The van der Waals surface area contributed by atoms with Crippen molar-refractivity contribution in [2.24, 2.45) is 0 Å². The van der Waals surface area contributed by atoms with Crippen molar-refractivity contribution in [3.63, 3.8) is 0 Å². The molecular weight excluding hydrogens is 226 g/mol. The van der Waals surface area contributed by atoms with E-state index >= 15 is 0 Å². The lowest BCUT2D eigenvalue weighted by Crippen LogP contribution is -2.23. The number of carbonyl (C=O) groups excluding carboxylic acids is 1. The Morgan fingerprint density at radius 2 is 1.89 bits per heavy atom. The third-order valence-corrected chi connectivity index (χ3v) is 2.91. The normalized spacial score (nSPS) is 10.3. The van der Waals surface area contributed by atoms with Gasteiger partial charge >= 0.3 is 0 Å². The molecule has 1 heterocycles. The van der Waals surface area contributed by atoms with E-state index in [9.17, 15) is 9.59 Å². The first-order valence-corrected chi connectivity index (χ1v) is 5.84. The van der Waals surface area contributed by atoms with Crippen molar-refractivity contribution < 1.29 is 4.79 Å². The minimum Gasteiger partial charge on any atom is -0.308 e. The van der Waals surface area contributed by atoms with Crippen LogP contribution in [0.1, 0.15) is 21.5 Å². The molecule has 1 aromatic carbocycles. The molecule has 0 aliphatic carbocycles. The maximum absolute atomic E-state index is 12.1. The number of hydrogen-bond acceptors (Lipinski definition) is 2. The predicted octanol–water partition coefficient (Wildman–Crippen LogP) is 2.35. The van der Waals surface area contributed by atoms with Crippen LogP contribution in [0.2, 0.25) is 0 Å². The Hall–Kier alpha value is -2.16. The molecule has 0 amide bonds. The molecule has 0 spiro atoms. The number of Topliss-reactive ketones (excluding diaryl/α,β-unsaturated/α-hetero) is 1. The van der Waals surface area contributed by atoms with E-state index < -0.39 is 0 Å². The summed E-state index contributed by atoms with van der Waals surface area (Å²) in [4.78, 5) is 23.8. The van der Waals surface area contributed by atoms with Gasteiger partial charge in [0.2, 0.25) is 0 Å². The van der Waals surface area contributed by atoms with Crippen LogP contribution >= 0.6 is 0 Å². The molecule has 92 valence electrons. The zero-order valence-corrected chi connectivity index (χ0v) is 10.5. The molecule has 0 unspecified atom stereocenters. The third kappa shape index (κ3) is 2.56. The van der Waals surface area contributed by atoms with E-state index in [1.54, 1.807) is 12.3 Å². The van der Waals surface area contributed by atoms with Crippen molar-refractivity contribution in [1.29, 1.82) is 0 Å². The van der Waals surface area contributed by atoms with Gasteiger partial charge in [-0.05, 0) is 31.0 Å². The van der Waals surface area contributed by atoms with Gasteiger partial charge in [-0.15, -0.1) is 0 Å². The largest absolute Gasteiger partial charge is 0.308 e. The molecule has 0 aliphatic rings. The quantitative estimate of drug-likeness (QED) is 0.774. The van der Waals surface area contributed by atoms with E-state index in [1.807, 2.05) is 38.1 Å². The maximum Gasteiger partial charge on any atom is 0.251 e. The lowest BCUT2D eigenvalue weighted by atomic mass is 10.0. The number of carbonyl (C=O) groups is 1. The number of rotatable bonds is 3. The number of benzene rings is 1. The molecule has 0 radical (unpaired) electrons. The van der Waals surface area contributed by atoms with Gasteiger partial charge in [0.25, 0.3) is 5.56 Å². The van der Waals surface area contributed by atoms with Crippen molar-refractivity contribution in [2.45, 2.75) is 20.4 Å². The van der Waals surface area contributed by atoms with E-state index in [1.165, 1.54) is 10.6 Å². The van der Waals surface area contributed by atoms with Crippen molar-refractivity contribution in [3.8, 4) is 0 Å². The van der Waals surface area contributed by atoms with Gasteiger partial charge in [0, 0.05) is 17.8 Å². The van der Waals surface area contributed by atoms with Crippen LogP contribution < -0.4 is 5.56 Å². The monoisotopic (exact) mass is 241 g/mol. The first-order valence-electron chi connectivity index (χ1n) is 5.84. The van der Waals surface area contributed by atoms with Crippen LogP contribution in [0.25, 0.3) is 0 Å². The number of aryl methyl sites for hydroxylation is 2. The Morgan fingerprint density at radius 1 is 1.17 bits per heavy atom. The molecule has 18 heavy (non-hydrogen) atoms. The van der Waals surface area contributed by atoms with E-state index in [0.717, 1.165) is 11.1 Å². The van der Waals surface area contributed by atoms with Crippen LogP contribution in [0, 0.1) is 13.8 Å². The molecule has 0 saturated heterocycles. The Labute approximate surface area is 106 Å². The third-order valence-electron chi connectivity index (χ3n) is 2.91. The van der Waals surface area contributed by atoms with Crippen LogP contribution in [0.5, 0.6) is 0 Å². The van der Waals surface area contributed by atoms with Crippen molar-refractivity contribution in [1.82, 2.24) is 4.57 Å². The Kier molecular flexibility index (Phi) is 3.42. The fraction of sp³-hybridized carbons (Fsp3) is 0.200. The molecule has 2 rings (SSSR count). The van der Waals surface area contributed by atoms with Crippen molar-refractivity contribution in [2.75, 3.05) is 0 Å². The predicted molar refractivity (Wildman–Crippen MR) is 70.9 cm³/mol. The van der Waals surface area contributed by atoms with Gasteiger partial charge in [0.15, 0.2) is 5.78 Å². The molecule has 1 aromatic heterocycles. The summed E-state index contributed by atoms with van der Waals surface area (Å²) in [6.07, 6.45) is 1.66. The van der Waals surface area contributed by atoms with Crippen molar-refractivity contribution in [3.05, 3.63) is 69.6 Å². The lowest BCUT2D eigenvalue weighted by molar-refractivity contribution is 0.0970. The van der Waals surface area contributed by atoms with Crippen molar-refractivity contribution >= 4 is 5.78 Å². The number of hydrogen-bond donors (Lipinski definition) is 0. The van der Waals surface area contributed by atoms with Crippen LogP contribution in [0.15, 0.2) is 47.4 Å². The van der Waals surface area contributed by atoms with Crippen LogP contribution in [0.4, 0.5) is 0 Å². The van der Waals surface area contributed by atoms with E-state index in [-0.39, 0.29) is 17.9 Å². The highest BCUT2D eigenvalue weighted by molar-refractivity contribution is 5.97. The summed E-state index contributed by atoms with van der Waals surface area (Å²) in [5.41, 5.74) is 2.36. The summed E-state index contributed by atoms with van der Waals surface area (Å²) >= 11 is 0. The first-order chi connectivity index (χ1) is 8.58. The molecular formula is C15H15NO2. The van der Waals surface area contributed by atoms with E-state index in [0.29, 0.717) is 5.56 Å². The molecule has 0 bridgehead atoms. The highest BCUT2D eigenvalue weighted by atomic mass is 16.1. The summed E-state index contributed by atoms with van der Waals surface area (Å²) in [6.45, 7) is 3.84. The summed E-state index contributed by atoms with van der Waals surface area (Å²) in [6, 6.07) is 10.8. The smallest absolute Gasteiger partial charge is 0.251 e. The lowest BCUT2D eigenvalue weighted by Gasteiger charge is -2.07. The van der Waals surface area contributed by atoms with Crippen LogP contribution in [-0.2, 0) is 6.54 Å². The number of pyridine rings is 1. The Bertz CT molecular complexity index is 641. The number of aromatic nitrogens is 1. The highest BCUT2D eigenvalue weighted by Gasteiger charge is 2.09. The van der Waals surface area contributed by atoms with Crippen LogP contribution in [-0.4, -0.2) is 10.4 Å². The number of nitrogens with zero attached hydrogens (tertiary/aromatic N) is 1. The number of ketones is 1. The summed E-state index contributed by atoms with van der Waals surface area (Å²) in [5.74, 6) is -0.0425. The first kappa shape index (κ1) is 12.3. The molecule has 2 aromatic rings. The van der Waals surface area contributed by atoms with Gasteiger partial charge < -0.3 is 4.57 Å². The van der Waals surface area contributed by atoms with Gasteiger partial charge in [-0.2, -0.15) is 0 Å². The standard InChI is InChI=1S/C15H15NO2/c1-11-7-8-16(15(18)9-11)10-14(17)13-6-4-3-5-12(13)2/h3-9H,10H2,1-2H3. The molecule has 0 fully saturated rings. The highest BCUT2D eigenvalue weighted by Crippen LogP contribution is 2.08. The summed E-state index contributed by atoms with van der Waals surface area (Å²) < 4.78 is 1.43. The molecule has 3 heteroatoms. The van der Waals surface area contributed by atoms with E-state index in [4.69, 9.17) is 0 Å². The molecule has 3 nitrogen and oxygen atoms in total. The van der Waals surface area contributed by atoms with E-state index in [2.05, 4.69) is 0 Å². The Balaban J connectivity index is 2.27. The molecule has 0 N–H and O–H groups in total. The zero-order chi connectivity index (χ0) is 13.1. The second-order valence-corrected chi connectivity index (χ2v) is 4.41. The van der Waals surface area contributed by atoms with Gasteiger partial charge in [-0.3, -0.25) is 9.59 Å². The second kappa shape index (κ2) is 5.00. The average Bonchev–Trinajstić information content (AvgIpc) is 2.33. The SMILES string of the molecule is Cc1ccn(CC(=O)c2ccccc2C)c(=O)c1. The molecule has 0 atom stereocenters. The average molecular weight is 241 g/mol.